The smallest absolute Gasteiger partial charge is 0.225 e. The number of nitrogens with zero attached hydrogens (tertiary/aromatic N) is 2. The van der Waals surface area contributed by atoms with Crippen LogP contribution < -0.4 is 0 Å². The molecule has 0 bridgehead atoms. The molecule has 1 aliphatic carbocycles. The second-order valence-electron chi connectivity index (χ2n) is 8.69. The number of hydrogen-bond donors (Lipinski definition) is 1. The molecular weight excluding hydrogens is 324 g/mol. The quantitative estimate of drug-likeness (QED) is 0.903. The molecular formula is C22H32N2O2. The molecule has 0 unspecified atom stereocenters. The summed E-state index contributed by atoms with van der Waals surface area (Å²) < 4.78 is 0. The molecule has 1 atom stereocenters. The zero-order chi connectivity index (χ0) is 18.1. The summed E-state index contributed by atoms with van der Waals surface area (Å²) in [4.78, 5) is 17.3. The highest BCUT2D eigenvalue weighted by Crippen LogP contribution is 2.31. The van der Waals surface area contributed by atoms with Crippen LogP contribution >= 0.6 is 0 Å². The number of likely N-dealkylation sites (tertiary alicyclic amines) is 2. The molecule has 0 aromatic heterocycles. The van der Waals surface area contributed by atoms with Gasteiger partial charge in [0.25, 0.3) is 0 Å². The summed E-state index contributed by atoms with van der Waals surface area (Å²) in [7, 11) is 0. The summed E-state index contributed by atoms with van der Waals surface area (Å²) in [6, 6.07) is 4.19. The molecule has 4 nitrogen and oxygen atoms in total. The third kappa shape index (κ3) is 3.75. The Kier molecular flexibility index (Phi) is 5.21. The van der Waals surface area contributed by atoms with E-state index in [2.05, 4.69) is 22.8 Å². The Morgan fingerprint density at radius 1 is 1.08 bits per heavy atom. The molecule has 3 aliphatic rings. The Morgan fingerprint density at radius 3 is 2.54 bits per heavy atom. The van der Waals surface area contributed by atoms with Crippen molar-refractivity contribution in [1.29, 1.82) is 0 Å². The molecule has 2 fully saturated rings. The molecule has 1 amide bonds. The number of rotatable bonds is 3. The lowest BCUT2D eigenvalue weighted by atomic mass is 9.92. The Labute approximate surface area is 157 Å². The van der Waals surface area contributed by atoms with Crippen LogP contribution in [-0.4, -0.2) is 47.0 Å². The van der Waals surface area contributed by atoms with Gasteiger partial charge in [0.05, 0.1) is 0 Å². The first-order chi connectivity index (χ1) is 12.6. The van der Waals surface area contributed by atoms with Crippen LogP contribution in [0.2, 0.25) is 0 Å². The Hall–Kier alpha value is -1.55. The van der Waals surface area contributed by atoms with Crippen molar-refractivity contribution in [2.75, 3.05) is 26.2 Å². The van der Waals surface area contributed by atoms with E-state index in [1.807, 2.05) is 6.07 Å². The van der Waals surface area contributed by atoms with Crippen molar-refractivity contribution in [1.82, 2.24) is 9.80 Å². The van der Waals surface area contributed by atoms with Gasteiger partial charge in [-0.25, -0.2) is 0 Å². The molecule has 2 heterocycles. The minimum Gasteiger partial charge on any atom is -0.508 e. The van der Waals surface area contributed by atoms with Gasteiger partial charge >= 0.3 is 0 Å². The first-order valence-corrected chi connectivity index (χ1v) is 10.4. The Bertz CT molecular complexity index is 664. The number of piperidine rings is 2. The highest BCUT2D eigenvalue weighted by molar-refractivity contribution is 5.79. The summed E-state index contributed by atoms with van der Waals surface area (Å²) >= 11 is 0. The lowest BCUT2D eigenvalue weighted by Gasteiger charge is -2.37. The van der Waals surface area contributed by atoms with E-state index in [0.29, 0.717) is 17.6 Å². The van der Waals surface area contributed by atoms with Crippen LogP contribution in [0.5, 0.6) is 5.75 Å². The van der Waals surface area contributed by atoms with E-state index < -0.39 is 0 Å². The van der Waals surface area contributed by atoms with E-state index in [0.717, 1.165) is 70.4 Å². The van der Waals surface area contributed by atoms with Gasteiger partial charge in [-0.05, 0) is 81.1 Å². The fourth-order valence-corrected chi connectivity index (χ4v) is 5.02. The Balaban J connectivity index is 1.32. The molecule has 2 saturated heterocycles. The summed E-state index contributed by atoms with van der Waals surface area (Å²) in [6.07, 6.45) is 7.78. The van der Waals surface area contributed by atoms with E-state index in [1.54, 1.807) is 0 Å². The van der Waals surface area contributed by atoms with Crippen LogP contribution in [0.15, 0.2) is 12.1 Å². The van der Waals surface area contributed by atoms with Crippen molar-refractivity contribution >= 4 is 5.91 Å². The number of fused-ring (bicyclic) bond motifs is 1. The number of carbonyl (C=O) groups is 1. The lowest BCUT2D eigenvalue weighted by molar-refractivity contribution is -0.138. The zero-order valence-corrected chi connectivity index (χ0v) is 16.0. The molecule has 0 spiro atoms. The van der Waals surface area contributed by atoms with Gasteiger partial charge in [-0.15, -0.1) is 0 Å². The molecule has 1 aromatic carbocycles. The standard InChI is InChI=1S/C22H32N2O2/c1-16-4-3-9-24(14-16)22(26)17-7-10-23(11-8-17)15-20-12-18-5-2-6-19(18)13-21(20)25/h12-13,16-17,25H,2-11,14-15H2,1H3/t16-/m1/s1. The maximum Gasteiger partial charge on any atom is 0.225 e. The largest absolute Gasteiger partial charge is 0.508 e. The number of hydrogen-bond acceptors (Lipinski definition) is 3. The summed E-state index contributed by atoms with van der Waals surface area (Å²) in [5.74, 6) is 1.68. The second-order valence-corrected chi connectivity index (χ2v) is 8.69. The number of amides is 1. The van der Waals surface area contributed by atoms with Crippen LogP contribution in [0.4, 0.5) is 0 Å². The molecule has 26 heavy (non-hydrogen) atoms. The molecule has 4 heteroatoms. The van der Waals surface area contributed by atoms with Crippen LogP contribution in [0.1, 0.15) is 55.7 Å². The van der Waals surface area contributed by atoms with Crippen LogP contribution in [0.3, 0.4) is 0 Å². The number of phenols is 1. The van der Waals surface area contributed by atoms with Crippen molar-refractivity contribution in [3.05, 3.63) is 28.8 Å². The van der Waals surface area contributed by atoms with Crippen LogP contribution in [0, 0.1) is 11.8 Å². The molecule has 2 aliphatic heterocycles. The maximum atomic E-state index is 12.8. The minimum absolute atomic E-state index is 0.199. The van der Waals surface area contributed by atoms with Gasteiger partial charge in [0.1, 0.15) is 5.75 Å². The van der Waals surface area contributed by atoms with Crippen molar-refractivity contribution in [3.8, 4) is 5.75 Å². The van der Waals surface area contributed by atoms with Gasteiger partial charge < -0.3 is 10.0 Å². The number of carbonyl (C=O) groups excluding carboxylic acids is 1. The molecule has 142 valence electrons. The van der Waals surface area contributed by atoms with Gasteiger partial charge in [-0.2, -0.15) is 0 Å². The predicted octanol–water partition coefficient (Wildman–Crippen LogP) is 3.35. The zero-order valence-electron chi connectivity index (χ0n) is 16.0. The fraction of sp³-hybridized carbons (Fsp3) is 0.682. The lowest BCUT2D eigenvalue weighted by Crippen LogP contribution is -2.45. The van der Waals surface area contributed by atoms with Crippen molar-refractivity contribution in [2.45, 2.75) is 58.4 Å². The second kappa shape index (κ2) is 7.59. The van der Waals surface area contributed by atoms with Gasteiger partial charge in [0.15, 0.2) is 0 Å². The number of phenolic OH excluding ortho intramolecular Hbond substituents is 1. The minimum atomic E-state index is 0.199. The third-order valence-corrected chi connectivity index (χ3v) is 6.59. The topological polar surface area (TPSA) is 43.8 Å². The van der Waals surface area contributed by atoms with E-state index in [4.69, 9.17) is 0 Å². The molecule has 4 rings (SSSR count). The highest BCUT2D eigenvalue weighted by atomic mass is 16.3. The third-order valence-electron chi connectivity index (χ3n) is 6.59. The molecule has 0 radical (unpaired) electrons. The first kappa shape index (κ1) is 17.8. The maximum absolute atomic E-state index is 12.8. The van der Waals surface area contributed by atoms with E-state index in [9.17, 15) is 9.90 Å². The SMILES string of the molecule is C[C@@H]1CCCN(C(=O)C2CCN(Cc3cc4c(cc3O)CCC4)CC2)C1. The number of benzene rings is 1. The van der Waals surface area contributed by atoms with Crippen molar-refractivity contribution in [2.24, 2.45) is 11.8 Å². The highest BCUT2D eigenvalue weighted by Gasteiger charge is 2.30. The molecule has 1 aromatic rings. The van der Waals surface area contributed by atoms with Crippen molar-refractivity contribution < 1.29 is 9.90 Å². The average molecular weight is 357 g/mol. The average Bonchev–Trinajstić information content (AvgIpc) is 3.09. The van der Waals surface area contributed by atoms with Gasteiger partial charge in [-0.1, -0.05) is 13.0 Å². The summed E-state index contributed by atoms with van der Waals surface area (Å²) in [6.45, 7) is 6.87. The van der Waals surface area contributed by atoms with Crippen LogP contribution in [-0.2, 0) is 24.2 Å². The predicted molar refractivity (Wildman–Crippen MR) is 103 cm³/mol. The summed E-state index contributed by atoms with van der Waals surface area (Å²) in [5, 5.41) is 10.4. The normalized spacial score (nSPS) is 24.7. The monoisotopic (exact) mass is 356 g/mol. The van der Waals surface area contributed by atoms with Gasteiger partial charge in [-0.3, -0.25) is 9.69 Å². The molecule has 0 saturated carbocycles. The number of aryl methyl sites for hydroxylation is 2. The van der Waals surface area contributed by atoms with Crippen molar-refractivity contribution in [3.63, 3.8) is 0 Å². The molecule has 1 N–H and O–H groups in total. The fourth-order valence-electron chi connectivity index (χ4n) is 5.02. The van der Waals surface area contributed by atoms with E-state index >= 15 is 0 Å². The van der Waals surface area contributed by atoms with E-state index in [-0.39, 0.29) is 5.92 Å². The van der Waals surface area contributed by atoms with E-state index in [1.165, 1.54) is 24.0 Å². The summed E-state index contributed by atoms with van der Waals surface area (Å²) in [5.41, 5.74) is 3.80. The van der Waals surface area contributed by atoms with Crippen LogP contribution in [0.25, 0.3) is 0 Å². The number of aromatic hydroxyl groups is 1. The van der Waals surface area contributed by atoms with Gasteiger partial charge in [0.2, 0.25) is 5.91 Å². The Morgan fingerprint density at radius 2 is 1.81 bits per heavy atom. The van der Waals surface area contributed by atoms with Gasteiger partial charge in [0, 0.05) is 31.1 Å². The first-order valence-electron chi connectivity index (χ1n) is 10.4.